The summed E-state index contributed by atoms with van der Waals surface area (Å²) in [6.45, 7) is 6.60. The molecule has 2 aromatic rings. The molecular weight excluding hydrogens is 312 g/mol. The summed E-state index contributed by atoms with van der Waals surface area (Å²) in [7, 11) is 3.94. The van der Waals surface area contributed by atoms with Crippen molar-refractivity contribution >= 4 is 11.6 Å². The van der Waals surface area contributed by atoms with Gasteiger partial charge in [-0.25, -0.2) is 0 Å². The molecule has 1 amide bonds. The first-order valence-corrected chi connectivity index (χ1v) is 8.52. The van der Waals surface area contributed by atoms with Crippen molar-refractivity contribution < 1.29 is 9.90 Å². The molecule has 0 unspecified atom stereocenters. The number of nitrogens with zero attached hydrogens (tertiary/aromatic N) is 1. The summed E-state index contributed by atoms with van der Waals surface area (Å²) in [4.78, 5) is 14.3. The van der Waals surface area contributed by atoms with Gasteiger partial charge in [-0.05, 0) is 40.8 Å². The molecule has 2 rings (SSSR count). The van der Waals surface area contributed by atoms with Crippen LogP contribution in [0, 0.1) is 0 Å². The van der Waals surface area contributed by atoms with Gasteiger partial charge in [-0.15, -0.1) is 0 Å². The molecule has 4 nitrogen and oxygen atoms in total. The van der Waals surface area contributed by atoms with Crippen LogP contribution in [0.1, 0.15) is 48.4 Å². The minimum absolute atomic E-state index is 0.0594. The first-order chi connectivity index (χ1) is 11.7. The fourth-order valence-electron chi connectivity index (χ4n) is 2.53. The van der Waals surface area contributed by atoms with Crippen LogP contribution in [0.25, 0.3) is 0 Å². The second-order valence-corrected chi connectivity index (χ2v) is 7.54. The maximum Gasteiger partial charge on any atom is 0.251 e. The van der Waals surface area contributed by atoms with E-state index in [0.717, 1.165) is 11.3 Å². The van der Waals surface area contributed by atoms with Crippen LogP contribution in [0.3, 0.4) is 0 Å². The standard InChI is InChI=1S/C21H28N2O2/c1-21(2,3)17-10-6-16(7-11-17)20(25)22-14-19(24)15-8-12-18(13-9-15)23(4)5/h6-13,19,24H,14H2,1-5H3,(H,22,25)/t19-/m1/s1. The lowest BCUT2D eigenvalue weighted by atomic mass is 9.87. The number of aliphatic hydroxyl groups is 1. The Kier molecular flexibility index (Phi) is 5.85. The fraction of sp³-hybridized carbons (Fsp3) is 0.381. The topological polar surface area (TPSA) is 52.6 Å². The third-order valence-electron chi connectivity index (χ3n) is 4.26. The van der Waals surface area contributed by atoms with Gasteiger partial charge in [0.25, 0.3) is 5.91 Å². The van der Waals surface area contributed by atoms with Crippen LogP contribution in [0.5, 0.6) is 0 Å². The Morgan fingerprint density at radius 2 is 1.60 bits per heavy atom. The van der Waals surface area contributed by atoms with Crippen LogP contribution in [0.2, 0.25) is 0 Å². The summed E-state index contributed by atoms with van der Waals surface area (Å²) in [5.74, 6) is -0.176. The predicted molar refractivity (Wildman–Crippen MR) is 103 cm³/mol. The molecule has 0 saturated heterocycles. The van der Waals surface area contributed by atoms with Gasteiger partial charge in [0.2, 0.25) is 0 Å². The van der Waals surface area contributed by atoms with Crippen molar-refractivity contribution in [1.29, 1.82) is 0 Å². The van der Waals surface area contributed by atoms with E-state index >= 15 is 0 Å². The molecule has 0 radical (unpaired) electrons. The molecule has 0 aliphatic rings. The number of rotatable bonds is 5. The van der Waals surface area contributed by atoms with Crippen molar-refractivity contribution in [2.24, 2.45) is 0 Å². The highest BCUT2D eigenvalue weighted by Crippen LogP contribution is 2.22. The number of nitrogens with one attached hydrogen (secondary N) is 1. The van der Waals surface area contributed by atoms with Crippen molar-refractivity contribution in [3.8, 4) is 0 Å². The molecule has 0 fully saturated rings. The molecule has 0 aromatic heterocycles. The highest BCUT2D eigenvalue weighted by molar-refractivity contribution is 5.94. The third kappa shape index (κ3) is 5.07. The number of carbonyl (C=O) groups is 1. The Morgan fingerprint density at radius 1 is 1.04 bits per heavy atom. The van der Waals surface area contributed by atoms with Crippen molar-refractivity contribution in [2.75, 3.05) is 25.5 Å². The number of benzene rings is 2. The molecule has 2 aromatic carbocycles. The molecule has 4 heteroatoms. The van der Waals surface area contributed by atoms with Gasteiger partial charge in [-0.3, -0.25) is 4.79 Å². The number of hydrogen-bond donors (Lipinski definition) is 2. The summed E-state index contributed by atoms with van der Waals surface area (Å²) in [5, 5.41) is 13.1. The van der Waals surface area contributed by atoms with Crippen LogP contribution in [-0.2, 0) is 5.41 Å². The summed E-state index contributed by atoms with van der Waals surface area (Å²) in [6.07, 6.45) is -0.728. The Morgan fingerprint density at radius 3 is 2.08 bits per heavy atom. The molecule has 0 spiro atoms. The van der Waals surface area contributed by atoms with Gasteiger partial charge in [0.1, 0.15) is 0 Å². The minimum atomic E-state index is -0.728. The van der Waals surface area contributed by atoms with Crippen LogP contribution in [0.4, 0.5) is 5.69 Å². The summed E-state index contributed by atoms with van der Waals surface area (Å²) >= 11 is 0. The van der Waals surface area contributed by atoms with Crippen LogP contribution >= 0.6 is 0 Å². The molecule has 25 heavy (non-hydrogen) atoms. The van der Waals surface area contributed by atoms with E-state index in [2.05, 4.69) is 26.1 Å². The van der Waals surface area contributed by atoms with Gasteiger partial charge in [-0.2, -0.15) is 0 Å². The lowest BCUT2D eigenvalue weighted by Gasteiger charge is -2.19. The molecule has 0 aliphatic heterocycles. The molecule has 0 aliphatic carbocycles. The van der Waals surface area contributed by atoms with Crippen molar-refractivity contribution in [3.63, 3.8) is 0 Å². The molecule has 0 bridgehead atoms. The van der Waals surface area contributed by atoms with E-state index in [1.165, 1.54) is 5.56 Å². The Bertz CT molecular complexity index is 698. The van der Waals surface area contributed by atoms with E-state index in [1.54, 1.807) is 0 Å². The quantitative estimate of drug-likeness (QED) is 0.876. The highest BCUT2D eigenvalue weighted by atomic mass is 16.3. The average molecular weight is 340 g/mol. The molecular formula is C21H28N2O2. The van der Waals surface area contributed by atoms with Gasteiger partial charge in [0.05, 0.1) is 6.10 Å². The second kappa shape index (κ2) is 7.70. The van der Waals surface area contributed by atoms with E-state index in [0.29, 0.717) is 5.56 Å². The smallest absolute Gasteiger partial charge is 0.251 e. The fourth-order valence-corrected chi connectivity index (χ4v) is 2.53. The molecule has 0 heterocycles. The lowest BCUT2D eigenvalue weighted by Crippen LogP contribution is -2.28. The van der Waals surface area contributed by atoms with E-state index in [1.807, 2.05) is 67.5 Å². The second-order valence-electron chi connectivity index (χ2n) is 7.54. The minimum Gasteiger partial charge on any atom is -0.387 e. The maximum atomic E-state index is 12.3. The molecule has 134 valence electrons. The summed E-state index contributed by atoms with van der Waals surface area (Å²) in [5.41, 5.74) is 3.70. The predicted octanol–water partition coefficient (Wildman–Crippen LogP) is 3.51. The Balaban J connectivity index is 1.94. The van der Waals surface area contributed by atoms with Gasteiger partial charge in [-0.1, -0.05) is 45.0 Å². The van der Waals surface area contributed by atoms with E-state index in [-0.39, 0.29) is 17.9 Å². The molecule has 0 saturated carbocycles. The summed E-state index contributed by atoms with van der Waals surface area (Å²) < 4.78 is 0. The highest BCUT2D eigenvalue weighted by Gasteiger charge is 2.15. The van der Waals surface area contributed by atoms with E-state index in [9.17, 15) is 9.90 Å². The van der Waals surface area contributed by atoms with Crippen molar-refractivity contribution in [1.82, 2.24) is 5.32 Å². The van der Waals surface area contributed by atoms with Gasteiger partial charge in [0.15, 0.2) is 0 Å². The van der Waals surface area contributed by atoms with E-state index in [4.69, 9.17) is 0 Å². The number of aliphatic hydroxyl groups excluding tert-OH is 1. The van der Waals surface area contributed by atoms with E-state index < -0.39 is 6.10 Å². The molecule has 2 N–H and O–H groups in total. The zero-order valence-electron chi connectivity index (χ0n) is 15.7. The van der Waals surface area contributed by atoms with Crippen molar-refractivity contribution in [2.45, 2.75) is 32.3 Å². The number of carbonyl (C=O) groups excluding carboxylic acids is 1. The largest absolute Gasteiger partial charge is 0.387 e. The lowest BCUT2D eigenvalue weighted by molar-refractivity contribution is 0.0916. The van der Waals surface area contributed by atoms with Gasteiger partial charge < -0.3 is 15.3 Å². The number of amides is 1. The zero-order valence-corrected chi connectivity index (χ0v) is 15.7. The molecule has 1 atom stereocenters. The average Bonchev–Trinajstić information content (AvgIpc) is 2.58. The monoisotopic (exact) mass is 340 g/mol. The maximum absolute atomic E-state index is 12.3. The SMILES string of the molecule is CN(C)c1ccc([C@H](O)CNC(=O)c2ccc(C(C)(C)C)cc2)cc1. The normalized spacial score (nSPS) is 12.6. The first-order valence-electron chi connectivity index (χ1n) is 8.52. The van der Waals surface area contributed by atoms with Crippen LogP contribution in [-0.4, -0.2) is 31.7 Å². The van der Waals surface area contributed by atoms with Crippen LogP contribution in [0.15, 0.2) is 48.5 Å². The first kappa shape index (κ1) is 19.0. The third-order valence-corrected chi connectivity index (χ3v) is 4.26. The summed E-state index contributed by atoms with van der Waals surface area (Å²) in [6, 6.07) is 15.3. The Hall–Kier alpha value is -2.33. The van der Waals surface area contributed by atoms with Gasteiger partial charge in [0, 0.05) is 31.9 Å². The number of hydrogen-bond acceptors (Lipinski definition) is 3. The van der Waals surface area contributed by atoms with Crippen molar-refractivity contribution in [3.05, 3.63) is 65.2 Å². The van der Waals surface area contributed by atoms with Gasteiger partial charge >= 0.3 is 0 Å². The zero-order chi connectivity index (χ0) is 18.6. The Labute approximate surface area is 150 Å². The number of anilines is 1. The van der Waals surface area contributed by atoms with Crippen LogP contribution < -0.4 is 10.2 Å².